The summed E-state index contributed by atoms with van der Waals surface area (Å²) >= 11 is 1.67. The first-order chi connectivity index (χ1) is 8.03. The third-order valence-corrected chi connectivity index (χ3v) is 4.56. The molecule has 0 N–H and O–H groups in total. The van der Waals surface area contributed by atoms with Crippen LogP contribution in [0, 0.1) is 10.1 Å². The second-order valence-corrected chi connectivity index (χ2v) is 5.91. The fraction of sp³-hybridized carbons (Fsp3) is 0.417. The lowest BCUT2D eigenvalue weighted by molar-refractivity contribution is -0.384. The van der Waals surface area contributed by atoms with Gasteiger partial charge in [0.05, 0.1) is 9.67 Å². The molecule has 1 aliphatic rings. The highest BCUT2D eigenvalue weighted by Crippen LogP contribution is 2.40. The average molecular weight is 251 g/mol. The summed E-state index contributed by atoms with van der Waals surface area (Å²) in [6.45, 7) is 1.95. The average Bonchev–Trinajstić information content (AvgIpc) is 2.76. The molecule has 0 bridgehead atoms. The van der Waals surface area contributed by atoms with Crippen molar-refractivity contribution in [2.45, 2.75) is 24.5 Å². The molecule has 1 aromatic rings. The molecule has 5 heteroatoms. The molecular formula is C12H13NO3S. The van der Waals surface area contributed by atoms with E-state index in [4.69, 9.17) is 0 Å². The molecule has 0 aliphatic carbocycles. The van der Waals surface area contributed by atoms with Crippen molar-refractivity contribution >= 4 is 23.2 Å². The Hall–Kier alpha value is -1.36. The van der Waals surface area contributed by atoms with E-state index in [1.807, 2.05) is 6.92 Å². The van der Waals surface area contributed by atoms with E-state index in [2.05, 4.69) is 0 Å². The van der Waals surface area contributed by atoms with Gasteiger partial charge in [0.2, 0.25) is 0 Å². The van der Waals surface area contributed by atoms with Crippen molar-refractivity contribution in [3.63, 3.8) is 0 Å². The van der Waals surface area contributed by atoms with E-state index in [9.17, 15) is 14.9 Å². The van der Waals surface area contributed by atoms with E-state index in [0.717, 1.165) is 18.6 Å². The second kappa shape index (κ2) is 4.49. The highest BCUT2D eigenvalue weighted by molar-refractivity contribution is 8.01. The molecule has 1 heterocycles. The standard InChI is InChI=1S/C12H13NO3S/c1-12(7-2-8-17-12)11(14)9-3-5-10(6-4-9)13(15)16/h3-6H,2,7-8H2,1H3. The molecule has 0 spiro atoms. The Morgan fingerprint density at radius 3 is 2.53 bits per heavy atom. The maximum absolute atomic E-state index is 12.3. The topological polar surface area (TPSA) is 60.2 Å². The summed E-state index contributed by atoms with van der Waals surface area (Å²) in [6, 6.07) is 5.86. The number of hydrogen-bond acceptors (Lipinski definition) is 4. The zero-order valence-corrected chi connectivity index (χ0v) is 10.3. The van der Waals surface area contributed by atoms with Gasteiger partial charge in [0.15, 0.2) is 5.78 Å². The second-order valence-electron chi connectivity index (χ2n) is 4.32. The Morgan fingerprint density at radius 1 is 1.41 bits per heavy atom. The Morgan fingerprint density at radius 2 is 2.06 bits per heavy atom. The van der Waals surface area contributed by atoms with Crippen molar-refractivity contribution < 1.29 is 9.72 Å². The van der Waals surface area contributed by atoms with Crippen molar-refractivity contribution in [1.29, 1.82) is 0 Å². The minimum atomic E-state index is -0.458. The lowest BCUT2D eigenvalue weighted by Gasteiger charge is -2.20. The van der Waals surface area contributed by atoms with Gasteiger partial charge in [-0.15, -0.1) is 11.8 Å². The lowest BCUT2D eigenvalue weighted by atomic mass is 9.94. The number of thioether (sulfide) groups is 1. The zero-order valence-electron chi connectivity index (χ0n) is 9.51. The molecule has 1 fully saturated rings. The van der Waals surface area contributed by atoms with Gasteiger partial charge < -0.3 is 0 Å². The number of carbonyl (C=O) groups is 1. The Bertz CT molecular complexity index is 449. The van der Waals surface area contributed by atoms with Crippen LogP contribution in [0.1, 0.15) is 30.1 Å². The third-order valence-electron chi connectivity index (χ3n) is 3.04. The third kappa shape index (κ3) is 2.34. The fourth-order valence-corrected chi connectivity index (χ4v) is 3.27. The van der Waals surface area contributed by atoms with Crippen LogP contribution in [0.15, 0.2) is 24.3 Å². The van der Waals surface area contributed by atoms with E-state index < -0.39 is 4.92 Å². The molecule has 1 unspecified atom stereocenters. The number of carbonyl (C=O) groups excluding carboxylic acids is 1. The molecule has 2 rings (SSSR count). The molecule has 4 nitrogen and oxygen atoms in total. The molecule has 0 radical (unpaired) electrons. The number of hydrogen-bond donors (Lipinski definition) is 0. The quantitative estimate of drug-likeness (QED) is 0.470. The monoisotopic (exact) mass is 251 g/mol. The van der Waals surface area contributed by atoms with Gasteiger partial charge >= 0.3 is 0 Å². The number of rotatable bonds is 3. The molecule has 0 saturated carbocycles. The van der Waals surface area contributed by atoms with E-state index in [1.54, 1.807) is 23.9 Å². The van der Waals surface area contributed by atoms with Crippen LogP contribution in [0.5, 0.6) is 0 Å². The van der Waals surface area contributed by atoms with Gasteiger partial charge in [0.1, 0.15) is 0 Å². The van der Waals surface area contributed by atoms with E-state index in [1.165, 1.54) is 12.1 Å². The SMILES string of the molecule is CC1(C(=O)c2ccc([N+](=O)[O-])cc2)CCCS1. The van der Waals surface area contributed by atoms with Crippen molar-refractivity contribution in [1.82, 2.24) is 0 Å². The highest BCUT2D eigenvalue weighted by atomic mass is 32.2. The van der Waals surface area contributed by atoms with Crippen molar-refractivity contribution in [2.75, 3.05) is 5.75 Å². The highest BCUT2D eigenvalue weighted by Gasteiger charge is 2.37. The Kier molecular flexibility index (Phi) is 3.19. The van der Waals surface area contributed by atoms with Crippen LogP contribution in [-0.2, 0) is 0 Å². The largest absolute Gasteiger partial charge is 0.293 e. The van der Waals surface area contributed by atoms with Gasteiger partial charge in [-0.25, -0.2) is 0 Å². The fourth-order valence-electron chi connectivity index (χ4n) is 2.00. The molecule has 0 amide bonds. The van der Waals surface area contributed by atoms with Crippen LogP contribution in [0.3, 0.4) is 0 Å². The lowest BCUT2D eigenvalue weighted by Crippen LogP contribution is -2.28. The number of non-ortho nitro benzene ring substituents is 1. The first-order valence-electron chi connectivity index (χ1n) is 5.46. The number of nitro groups is 1. The number of ketones is 1. The van der Waals surface area contributed by atoms with Gasteiger partial charge in [-0.1, -0.05) is 0 Å². The van der Waals surface area contributed by atoms with E-state index in [-0.39, 0.29) is 16.2 Å². The van der Waals surface area contributed by atoms with Gasteiger partial charge in [0, 0.05) is 17.7 Å². The summed E-state index contributed by atoms with van der Waals surface area (Å²) in [7, 11) is 0. The number of nitro benzene ring substituents is 1. The predicted octanol–water partition coefficient (Wildman–Crippen LogP) is 3.06. The molecule has 1 saturated heterocycles. The van der Waals surface area contributed by atoms with Crippen molar-refractivity contribution in [3.8, 4) is 0 Å². The summed E-state index contributed by atoms with van der Waals surface area (Å²) in [5.41, 5.74) is 0.582. The zero-order chi connectivity index (χ0) is 12.5. The Balaban J connectivity index is 2.22. The molecule has 1 atom stereocenters. The Labute approximate surface area is 104 Å². The first-order valence-corrected chi connectivity index (χ1v) is 6.45. The summed E-state index contributed by atoms with van der Waals surface area (Å²) in [5, 5.41) is 10.5. The first kappa shape index (κ1) is 12.1. The van der Waals surface area contributed by atoms with Gasteiger partial charge in [-0.3, -0.25) is 14.9 Å². The maximum Gasteiger partial charge on any atom is 0.269 e. The number of nitrogens with zero attached hydrogens (tertiary/aromatic N) is 1. The van der Waals surface area contributed by atoms with Gasteiger partial charge in [0.25, 0.3) is 5.69 Å². The normalized spacial score (nSPS) is 23.6. The molecular weight excluding hydrogens is 238 g/mol. The van der Waals surface area contributed by atoms with Crippen LogP contribution in [0.25, 0.3) is 0 Å². The van der Waals surface area contributed by atoms with Gasteiger partial charge in [-0.2, -0.15) is 0 Å². The number of Topliss-reactive ketones (excluding diaryl/α,β-unsaturated/α-hetero) is 1. The summed E-state index contributed by atoms with van der Waals surface area (Å²) in [5.74, 6) is 1.09. The van der Waals surface area contributed by atoms with Crippen LogP contribution in [-0.4, -0.2) is 21.2 Å². The van der Waals surface area contributed by atoms with Crippen LogP contribution >= 0.6 is 11.8 Å². The van der Waals surface area contributed by atoms with E-state index in [0.29, 0.717) is 5.56 Å². The van der Waals surface area contributed by atoms with E-state index >= 15 is 0 Å². The maximum atomic E-state index is 12.3. The molecule has 17 heavy (non-hydrogen) atoms. The molecule has 1 aliphatic heterocycles. The minimum absolute atomic E-state index is 0.0192. The van der Waals surface area contributed by atoms with Crippen LogP contribution in [0.2, 0.25) is 0 Å². The van der Waals surface area contributed by atoms with Crippen LogP contribution < -0.4 is 0 Å². The molecule has 1 aromatic carbocycles. The van der Waals surface area contributed by atoms with Crippen molar-refractivity contribution in [3.05, 3.63) is 39.9 Å². The smallest absolute Gasteiger partial charge is 0.269 e. The number of benzene rings is 1. The van der Waals surface area contributed by atoms with Crippen molar-refractivity contribution in [2.24, 2.45) is 0 Å². The predicted molar refractivity (Wildman–Crippen MR) is 67.5 cm³/mol. The van der Waals surface area contributed by atoms with Gasteiger partial charge in [-0.05, 0) is 37.7 Å². The van der Waals surface area contributed by atoms with Crippen LogP contribution in [0.4, 0.5) is 5.69 Å². The molecule has 90 valence electrons. The molecule has 0 aromatic heterocycles. The minimum Gasteiger partial charge on any atom is -0.293 e. The summed E-state index contributed by atoms with van der Waals surface area (Å²) in [6.07, 6.45) is 1.94. The summed E-state index contributed by atoms with van der Waals surface area (Å²) in [4.78, 5) is 22.3. The summed E-state index contributed by atoms with van der Waals surface area (Å²) < 4.78 is -0.351.